The fraction of sp³-hybridized carbons (Fsp3) is 0.818. The van der Waals surface area contributed by atoms with Gasteiger partial charge in [0.2, 0.25) is 5.91 Å². The number of carbonyl (C=O) groups is 2. The van der Waals surface area contributed by atoms with Crippen LogP contribution in [0.5, 0.6) is 0 Å². The molecule has 5 nitrogen and oxygen atoms in total. The fourth-order valence-corrected chi connectivity index (χ4v) is 1.78. The Kier molecular flexibility index (Phi) is 4.73. The summed E-state index contributed by atoms with van der Waals surface area (Å²) in [6.07, 6.45) is 1.50. The Bertz CT molecular complexity index is 266. The van der Waals surface area contributed by atoms with Crippen molar-refractivity contribution >= 4 is 11.9 Å². The zero-order valence-corrected chi connectivity index (χ0v) is 9.94. The summed E-state index contributed by atoms with van der Waals surface area (Å²) in [4.78, 5) is 24.6. The van der Waals surface area contributed by atoms with Gasteiger partial charge in [0, 0.05) is 19.1 Å². The summed E-state index contributed by atoms with van der Waals surface area (Å²) in [6, 6.07) is 0.0406. The van der Waals surface area contributed by atoms with Crippen molar-refractivity contribution in [3.05, 3.63) is 0 Å². The first-order valence-electron chi connectivity index (χ1n) is 5.72. The predicted molar refractivity (Wildman–Crippen MR) is 59.6 cm³/mol. The highest BCUT2D eigenvalue weighted by Gasteiger charge is 2.23. The number of amides is 1. The van der Waals surface area contributed by atoms with Crippen LogP contribution in [0.25, 0.3) is 0 Å². The second kappa shape index (κ2) is 5.84. The van der Waals surface area contributed by atoms with E-state index < -0.39 is 5.97 Å². The molecule has 0 saturated carbocycles. The molecule has 1 aliphatic rings. The van der Waals surface area contributed by atoms with Crippen molar-refractivity contribution in [2.45, 2.75) is 45.3 Å². The van der Waals surface area contributed by atoms with Crippen LogP contribution >= 0.6 is 0 Å². The number of likely N-dealkylation sites (tertiary alicyclic amines) is 1. The number of nitrogens with zero attached hydrogens (tertiary/aromatic N) is 1. The maximum absolute atomic E-state index is 11.7. The molecule has 1 saturated heterocycles. The van der Waals surface area contributed by atoms with E-state index >= 15 is 0 Å². The lowest BCUT2D eigenvalue weighted by atomic mass is 10.1. The van der Waals surface area contributed by atoms with Gasteiger partial charge < -0.3 is 15.4 Å². The van der Waals surface area contributed by atoms with Crippen molar-refractivity contribution in [1.82, 2.24) is 4.90 Å². The molecular weight excluding hydrogens is 208 g/mol. The highest BCUT2D eigenvalue weighted by Crippen LogP contribution is 2.10. The van der Waals surface area contributed by atoms with Crippen LogP contribution < -0.4 is 5.73 Å². The van der Waals surface area contributed by atoms with Crippen LogP contribution in [0, 0.1) is 0 Å². The molecule has 2 N–H and O–H groups in total. The molecule has 1 aliphatic heterocycles. The molecule has 0 aromatic carbocycles. The lowest BCUT2D eigenvalue weighted by molar-refractivity contribution is -0.152. The van der Waals surface area contributed by atoms with Gasteiger partial charge in [0.05, 0.1) is 6.10 Å². The van der Waals surface area contributed by atoms with E-state index in [0.717, 1.165) is 12.8 Å². The number of rotatable bonds is 3. The predicted octanol–water partition coefficient (Wildman–Crippen LogP) is 0.278. The minimum Gasteiger partial charge on any atom is -0.463 e. The standard InChI is InChI=1S/C11H20N2O3/c1-8(2)16-11(15)6-10(14)13-5-3-4-9(12)7-13/h8-9H,3-7,12H2,1-2H3/t9-/m1/s1. The average Bonchev–Trinajstić information content (AvgIpc) is 2.16. The van der Waals surface area contributed by atoms with E-state index in [1.807, 2.05) is 0 Å². The van der Waals surface area contributed by atoms with Gasteiger partial charge in [-0.15, -0.1) is 0 Å². The molecule has 1 atom stereocenters. The van der Waals surface area contributed by atoms with Gasteiger partial charge in [0.1, 0.15) is 6.42 Å². The zero-order valence-electron chi connectivity index (χ0n) is 9.94. The second-order valence-electron chi connectivity index (χ2n) is 4.46. The first-order chi connectivity index (χ1) is 7.49. The fourth-order valence-electron chi connectivity index (χ4n) is 1.78. The van der Waals surface area contributed by atoms with E-state index in [0.29, 0.717) is 13.1 Å². The van der Waals surface area contributed by atoms with Crippen molar-refractivity contribution in [3.8, 4) is 0 Å². The Morgan fingerprint density at radius 3 is 2.75 bits per heavy atom. The Labute approximate surface area is 95.9 Å². The molecule has 1 fully saturated rings. The molecular formula is C11H20N2O3. The monoisotopic (exact) mass is 228 g/mol. The molecule has 0 aliphatic carbocycles. The molecule has 16 heavy (non-hydrogen) atoms. The van der Waals surface area contributed by atoms with Gasteiger partial charge in [0.25, 0.3) is 0 Å². The van der Waals surface area contributed by atoms with Gasteiger partial charge in [-0.05, 0) is 26.7 Å². The third-order valence-electron chi connectivity index (χ3n) is 2.47. The number of piperidine rings is 1. The average molecular weight is 228 g/mol. The SMILES string of the molecule is CC(C)OC(=O)CC(=O)N1CCC[C@@H](N)C1. The van der Waals surface area contributed by atoms with E-state index in [2.05, 4.69) is 0 Å². The van der Waals surface area contributed by atoms with Crippen molar-refractivity contribution < 1.29 is 14.3 Å². The van der Waals surface area contributed by atoms with E-state index in [4.69, 9.17) is 10.5 Å². The smallest absolute Gasteiger partial charge is 0.315 e. The topological polar surface area (TPSA) is 72.6 Å². The molecule has 1 rings (SSSR count). The summed E-state index contributed by atoms with van der Waals surface area (Å²) < 4.78 is 4.92. The summed E-state index contributed by atoms with van der Waals surface area (Å²) in [6.45, 7) is 4.77. The molecule has 0 unspecified atom stereocenters. The molecule has 0 aromatic rings. The van der Waals surface area contributed by atoms with Gasteiger partial charge in [-0.3, -0.25) is 9.59 Å². The summed E-state index contributed by atoms with van der Waals surface area (Å²) in [5.74, 6) is -0.639. The Morgan fingerprint density at radius 1 is 1.50 bits per heavy atom. The number of hydrogen-bond acceptors (Lipinski definition) is 4. The molecule has 0 bridgehead atoms. The molecule has 5 heteroatoms. The summed E-state index contributed by atoms with van der Waals surface area (Å²) in [5, 5.41) is 0. The lowest BCUT2D eigenvalue weighted by Crippen LogP contribution is -2.46. The Balaban J connectivity index is 2.36. The molecule has 0 aromatic heterocycles. The number of hydrogen-bond donors (Lipinski definition) is 1. The normalized spacial score (nSPS) is 21.0. The minimum absolute atomic E-state index is 0.0406. The number of carbonyl (C=O) groups excluding carboxylic acids is 2. The van der Waals surface area contributed by atoms with Gasteiger partial charge in [0.15, 0.2) is 0 Å². The number of esters is 1. The summed E-state index contributed by atoms with van der Waals surface area (Å²) >= 11 is 0. The van der Waals surface area contributed by atoms with Crippen LogP contribution in [-0.2, 0) is 14.3 Å². The third kappa shape index (κ3) is 4.18. The van der Waals surface area contributed by atoms with Gasteiger partial charge >= 0.3 is 5.97 Å². The van der Waals surface area contributed by atoms with Crippen LogP contribution in [0.4, 0.5) is 0 Å². The maximum atomic E-state index is 11.7. The summed E-state index contributed by atoms with van der Waals surface area (Å²) in [5.41, 5.74) is 5.76. The number of ether oxygens (including phenoxy) is 1. The molecule has 1 heterocycles. The Morgan fingerprint density at radius 2 is 2.19 bits per heavy atom. The van der Waals surface area contributed by atoms with Gasteiger partial charge in [-0.25, -0.2) is 0 Å². The van der Waals surface area contributed by atoms with E-state index in [1.54, 1.807) is 18.7 Å². The first kappa shape index (κ1) is 13.0. The maximum Gasteiger partial charge on any atom is 0.315 e. The third-order valence-corrected chi connectivity index (χ3v) is 2.47. The lowest BCUT2D eigenvalue weighted by Gasteiger charge is -2.30. The van der Waals surface area contributed by atoms with Crippen molar-refractivity contribution in [3.63, 3.8) is 0 Å². The Hall–Kier alpha value is -1.10. The molecule has 1 amide bonds. The highest BCUT2D eigenvalue weighted by molar-refractivity contribution is 5.94. The van der Waals surface area contributed by atoms with Crippen molar-refractivity contribution in [2.75, 3.05) is 13.1 Å². The van der Waals surface area contributed by atoms with Crippen molar-refractivity contribution in [2.24, 2.45) is 5.73 Å². The van der Waals surface area contributed by atoms with E-state index in [-0.39, 0.29) is 24.5 Å². The quantitative estimate of drug-likeness (QED) is 0.556. The highest BCUT2D eigenvalue weighted by atomic mass is 16.5. The van der Waals surface area contributed by atoms with Crippen LogP contribution in [0.15, 0.2) is 0 Å². The number of nitrogens with two attached hydrogens (primary N) is 1. The molecule has 0 radical (unpaired) electrons. The van der Waals surface area contributed by atoms with Gasteiger partial charge in [-0.1, -0.05) is 0 Å². The second-order valence-corrected chi connectivity index (χ2v) is 4.46. The minimum atomic E-state index is -0.459. The largest absolute Gasteiger partial charge is 0.463 e. The molecule has 0 spiro atoms. The summed E-state index contributed by atoms with van der Waals surface area (Å²) in [7, 11) is 0. The zero-order chi connectivity index (χ0) is 12.1. The molecule has 92 valence electrons. The van der Waals surface area contributed by atoms with E-state index in [1.165, 1.54) is 0 Å². The van der Waals surface area contributed by atoms with Crippen LogP contribution in [-0.4, -0.2) is 42.0 Å². The van der Waals surface area contributed by atoms with Crippen molar-refractivity contribution in [1.29, 1.82) is 0 Å². The van der Waals surface area contributed by atoms with Crippen LogP contribution in [0.3, 0.4) is 0 Å². The first-order valence-corrected chi connectivity index (χ1v) is 5.72. The van der Waals surface area contributed by atoms with Crippen LogP contribution in [0.1, 0.15) is 33.1 Å². The van der Waals surface area contributed by atoms with E-state index in [9.17, 15) is 9.59 Å². The van der Waals surface area contributed by atoms with Crippen LogP contribution in [0.2, 0.25) is 0 Å². The van der Waals surface area contributed by atoms with Gasteiger partial charge in [-0.2, -0.15) is 0 Å².